The van der Waals surface area contributed by atoms with E-state index in [1.54, 1.807) is 13.8 Å². The SMILES string of the molecule is CCCCCCS(=O)(=O)c1nn(C(=O)OC(C)C)c(=NC(=O)N(C)C)s1. The Labute approximate surface area is 157 Å². The Kier molecular flexibility index (Phi) is 8.41. The molecule has 0 saturated heterocycles. The van der Waals surface area contributed by atoms with Crippen LogP contribution in [-0.2, 0) is 14.6 Å². The maximum Gasteiger partial charge on any atom is 0.437 e. The molecule has 0 bridgehead atoms. The van der Waals surface area contributed by atoms with Crippen molar-refractivity contribution in [2.45, 2.75) is 56.9 Å². The van der Waals surface area contributed by atoms with E-state index in [0.717, 1.165) is 23.9 Å². The van der Waals surface area contributed by atoms with Gasteiger partial charge in [-0.2, -0.15) is 4.99 Å². The van der Waals surface area contributed by atoms with Crippen LogP contribution in [0.15, 0.2) is 9.33 Å². The van der Waals surface area contributed by atoms with Gasteiger partial charge in [-0.3, -0.25) is 0 Å². The second-order valence-corrected chi connectivity index (χ2v) is 9.40. The first-order valence-corrected chi connectivity index (χ1v) is 10.8. The van der Waals surface area contributed by atoms with Crippen LogP contribution < -0.4 is 4.80 Å². The largest absolute Gasteiger partial charge is 0.445 e. The van der Waals surface area contributed by atoms with Crippen LogP contribution in [0.5, 0.6) is 0 Å². The molecule has 2 amide bonds. The second-order valence-electron chi connectivity index (χ2n) is 6.16. The van der Waals surface area contributed by atoms with Crippen LogP contribution in [-0.4, -0.2) is 61.2 Å². The predicted octanol–water partition coefficient (Wildman–Crippen LogP) is 2.27. The number of urea groups is 1. The van der Waals surface area contributed by atoms with Crippen molar-refractivity contribution in [2.75, 3.05) is 19.8 Å². The third kappa shape index (κ3) is 6.52. The molecule has 0 aliphatic heterocycles. The van der Waals surface area contributed by atoms with Gasteiger partial charge in [0.25, 0.3) is 0 Å². The highest BCUT2D eigenvalue weighted by Gasteiger charge is 2.24. The molecule has 0 aromatic carbocycles. The highest BCUT2D eigenvalue weighted by molar-refractivity contribution is 7.93. The Morgan fingerprint density at radius 3 is 2.46 bits per heavy atom. The molecular weight excluding hydrogens is 380 g/mol. The van der Waals surface area contributed by atoms with Crippen LogP contribution in [0.25, 0.3) is 0 Å². The lowest BCUT2D eigenvalue weighted by Crippen LogP contribution is -2.30. The number of rotatable bonds is 7. The summed E-state index contributed by atoms with van der Waals surface area (Å²) in [5.41, 5.74) is 0. The van der Waals surface area contributed by atoms with Crippen molar-refractivity contribution in [2.24, 2.45) is 4.99 Å². The van der Waals surface area contributed by atoms with Crippen LogP contribution in [0.2, 0.25) is 0 Å². The third-order valence-electron chi connectivity index (χ3n) is 3.16. The number of unbranched alkanes of at least 4 members (excludes halogenated alkanes) is 3. The molecule has 1 heterocycles. The van der Waals surface area contributed by atoms with E-state index < -0.39 is 28.1 Å². The van der Waals surface area contributed by atoms with Gasteiger partial charge in [0.1, 0.15) is 0 Å². The van der Waals surface area contributed by atoms with Gasteiger partial charge in [0.2, 0.25) is 19.0 Å². The van der Waals surface area contributed by atoms with E-state index in [-0.39, 0.29) is 14.9 Å². The molecule has 1 aromatic heterocycles. The molecule has 0 atom stereocenters. The molecule has 0 aliphatic rings. The quantitative estimate of drug-likeness (QED) is 0.642. The molecule has 0 N–H and O–H groups in total. The molecule has 148 valence electrons. The fourth-order valence-corrected chi connectivity index (χ4v) is 4.37. The zero-order chi connectivity index (χ0) is 19.9. The van der Waals surface area contributed by atoms with E-state index >= 15 is 0 Å². The molecule has 1 rings (SSSR count). The highest BCUT2D eigenvalue weighted by atomic mass is 32.2. The molecule has 1 aromatic rings. The van der Waals surface area contributed by atoms with E-state index in [1.165, 1.54) is 19.0 Å². The smallest absolute Gasteiger partial charge is 0.437 e. The molecule has 0 aliphatic carbocycles. The van der Waals surface area contributed by atoms with Crippen molar-refractivity contribution in [1.82, 2.24) is 14.7 Å². The Morgan fingerprint density at radius 2 is 1.92 bits per heavy atom. The first kappa shape index (κ1) is 22.3. The predicted molar refractivity (Wildman–Crippen MR) is 98.0 cm³/mol. The number of amides is 2. The number of carbonyl (C=O) groups excluding carboxylic acids is 2. The van der Waals surface area contributed by atoms with Crippen LogP contribution in [0.3, 0.4) is 0 Å². The average Bonchev–Trinajstić information content (AvgIpc) is 2.95. The molecular formula is C15H26N4O5S2. The van der Waals surface area contributed by atoms with Gasteiger partial charge in [-0.25, -0.2) is 18.0 Å². The number of hydrogen-bond acceptors (Lipinski definition) is 7. The van der Waals surface area contributed by atoms with Gasteiger partial charge in [-0.15, -0.1) is 9.78 Å². The van der Waals surface area contributed by atoms with E-state index in [2.05, 4.69) is 10.1 Å². The third-order valence-corrected chi connectivity index (χ3v) is 6.31. The topological polar surface area (TPSA) is 111 Å². The van der Waals surface area contributed by atoms with Crippen molar-refractivity contribution >= 4 is 33.3 Å². The summed E-state index contributed by atoms with van der Waals surface area (Å²) < 4.78 is 30.5. The molecule has 0 radical (unpaired) electrons. The number of aromatic nitrogens is 2. The van der Waals surface area contributed by atoms with Gasteiger partial charge in [-0.05, 0) is 20.3 Å². The fourth-order valence-electron chi connectivity index (χ4n) is 1.82. The van der Waals surface area contributed by atoms with E-state index in [9.17, 15) is 18.0 Å². The van der Waals surface area contributed by atoms with E-state index in [4.69, 9.17) is 4.74 Å². The monoisotopic (exact) mass is 406 g/mol. The standard InChI is InChI=1S/C15H26N4O5S2/c1-6-7-8-9-10-26(22,23)14-17-19(15(21)24-11(2)3)13(25-14)16-12(20)18(4)5/h11H,6-10H2,1-5H3. The summed E-state index contributed by atoms with van der Waals surface area (Å²) in [6.07, 6.45) is 1.94. The van der Waals surface area contributed by atoms with Crippen LogP contribution in [0.4, 0.5) is 9.59 Å². The molecule has 0 unspecified atom stereocenters. The maximum absolute atomic E-state index is 12.5. The minimum Gasteiger partial charge on any atom is -0.445 e. The highest BCUT2D eigenvalue weighted by Crippen LogP contribution is 2.14. The van der Waals surface area contributed by atoms with E-state index in [0.29, 0.717) is 17.8 Å². The first-order valence-electron chi connectivity index (χ1n) is 8.38. The Morgan fingerprint density at radius 1 is 1.27 bits per heavy atom. The van der Waals surface area contributed by atoms with Gasteiger partial charge in [-0.1, -0.05) is 37.5 Å². The Bertz CT molecular complexity index is 793. The lowest BCUT2D eigenvalue weighted by molar-refractivity contribution is 0.113. The summed E-state index contributed by atoms with van der Waals surface area (Å²) in [5, 5.41) is 3.85. The van der Waals surface area contributed by atoms with Crippen molar-refractivity contribution in [3.63, 3.8) is 0 Å². The second kappa shape index (κ2) is 9.81. The molecule has 9 nitrogen and oxygen atoms in total. The minimum absolute atomic E-state index is 0.0686. The lowest BCUT2D eigenvalue weighted by Gasteiger charge is -2.07. The van der Waals surface area contributed by atoms with Crippen LogP contribution >= 0.6 is 11.3 Å². The summed E-state index contributed by atoms with van der Waals surface area (Å²) in [7, 11) is -0.676. The Hall–Kier alpha value is -1.75. The average molecular weight is 407 g/mol. The van der Waals surface area contributed by atoms with Crippen molar-refractivity contribution in [3.05, 3.63) is 4.80 Å². The number of ether oxygens (including phenoxy) is 1. The zero-order valence-electron chi connectivity index (χ0n) is 15.8. The molecule has 0 spiro atoms. The normalized spacial score (nSPS) is 12.5. The fraction of sp³-hybridized carbons (Fsp3) is 0.733. The number of hydrogen-bond donors (Lipinski definition) is 0. The van der Waals surface area contributed by atoms with E-state index in [1.807, 2.05) is 6.92 Å². The lowest BCUT2D eigenvalue weighted by atomic mass is 10.2. The van der Waals surface area contributed by atoms with Crippen molar-refractivity contribution < 1.29 is 22.7 Å². The number of sulfone groups is 1. The van der Waals surface area contributed by atoms with Gasteiger partial charge in [0, 0.05) is 14.1 Å². The van der Waals surface area contributed by atoms with Gasteiger partial charge in [0.05, 0.1) is 11.9 Å². The molecule has 26 heavy (non-hydrogen) atoms. The summed E-state index contributed by atoms with van der Waals surface area (Å²) >= 11 is 0.680. The summed E-state index contributed by atoms with van der Waals surface area (Å²) in [6, 6.07) is -0.633. The number of nitrogens with zero attached hydrogens (tertiary/aromatic N) is 4. The van der Waals surface area contributed by atoms with Gasteiger partial charge in [0.15, 0.2) is 0 Å². The Balaban J connectivity index is 3.25. The minimum atomic E-state index is -3.67. The maximum atomic E-state index is 12.5. The van der Waals surface area contributed by atoms with Crippen LogP contribution in [0, 0.1) is 0 Å². The molecule has 11 heteroatoms. The van der Waals surface area contributed by atoms with Crippen molar-refractivity contribution in [3.8, 4) is 0 Å². The van der Waals surface area contributed by atoms with Gasteiger partial charge >= 0.3 is 12.1 Å². The number of carbonyl (C=O) groups is 2. The van der Waals surface area contributed by atoms with Crippen molar-refractivity contribution in [1.29, 1.82) is 0 Å². The first-order chi connectivity index (χ1) is 12.1. The summed E-state index contributed by atoms with van der Waals surface area (Å²) in [6.45, 7) is 5.34. The summed E-state index contributed by atoms with van der Waals surface area (Å²) in [4.78, 5) is 28.8. The molecule has 0 fully saturated rings. The summed E-state index contributed by atoms with van der Waals surface area (Å²) in [5.74, 6) is -0.0686. The molecule has 0 saturated carbocycles. The van der Waals surface area contributed by atoms with Gasteiger partial charge < -0.3 is 9.64 Å². The zero-order valence-corrected chi connectivity index (χ0v) is 17.4. The van der Waals surface area contributed by atoms with Crippen LogP contribution in [0.1, 0.15) is 46.5 Å².